The number of carbonyl (C=O) groups excluding carboxylic acids is 1. The van der Waals surface area contributed by atoms with Gasteiger partial charge in [-0.25, -0.2) is 0 Å². The van der Waals surface area contributed by atoms with E-state index in [4.69, 9.17) is 44.8 Å². The second-order valence-corrected chi connectivity index (χ2v) is 5.96. The maximum atomic E-state index is 12.0. The summed E-state index contributed by atoms with van der Waals surface area (Å²) in [4.78, 5) is 12.0. The van der Waals surface area contributed by atoms with Crippen LogP contribution in [-0.2, 0) is 6.61 Å². The molecule has 122 valence electrons. The van der Waals surface area contributed by atoms with E-state index in [1.807, 2.05) is 18.2 Å². The van der Waals surface area contributed by atoms with Crippen molar-refractivity contribution >= 4 is 40.7 Å². The Kier molecular flexibility index (Phi) is 6.51. The fraction of sp³-hybridized carbons (Fsp3) is 0.0588. The van der Waals surface area contributed by atoms with E-state index in [1.165, 1.54) is 0 Å². The zero-order chi connectivity index (χ0) is 17.5. The van der Waals surface area contributed by atoms with Crippen LogP contribution in [0.4, 0.5) is 0 Å². The number of carbonyl (C=O) groups is 1. The maximum absolute atomic E-state index is 12.0. The third-order valence-electron chi connectivity index (χ3n) is 3.01. The number of hydrogen-bond donors (Lipinski definition) is 1. The van der Waals surface area contributed by atoms with Crippen LogP contribution in [0.15, 0.2) is 58.7 Å². The highest BCUT2D eigenvalue weighted by Gasteiger charge is 2.10. The number of benzene rings is 2. The second-order valence-electron chi connectivity index (χ2n) is 4.61. The molecule has 2 aromatic rings. The highest BCUT2D eigenvalue weighted by molar-refractivity contribution is 6.56. The molecule has 0 unspecified atom stereocenters. The summed E-state index contributed by atoms with van der Waals surface area (Å²) in [5.41, 5.74) is 0.992. The minimum absolute atomic E-state index is 0.206. The summed E-state index contributed by atoms with van der Waals surface area (Å²) >= 11 is 17.0. The lowest BCUT2D eigenvalue weighted by Crippen LogP contribution is -2.22. The van der Waals surface area contributed by atoms with Gasteiger partial charge < -0.3 is 10.1 Å². The lowest BCUT2D eigenvalue weighted by molar-refractivity contribution is 0.0967. The summed E-state index contributed by atoms with van der Waals surface area (Å²) in [6, 6.07) is 15.5. The minimum atomic E-state index is -0.497. The van der Waals surface area contributed by atoms with Gasteiger partial charge in [0.25, 0.3) is 5.91 Å². The van der Waals surface area contributed by atoms with Crippen molar-refractivity contribution in [3.05, 3.63) is 74.9 Å². The summed E-state index contributed by atoms with van der Waals surface area (Å²) in [5.74, 6) is 0.0842. The van der Waals surface area contributed by atoms with Crippen LogP contribution >= 0.6 is 34.8 Å². The van der Waals surface area contributed by atoms with Gasteiger partial charge >= 0.3 is 0 Å². The molecule has 0 bridgehead atoms. The molecule has 4 nitrogen and oxygen atoms in total. The molecule has 1 N–H and O–H groups in total. The Hall–Kier alpha value is -2.19. The number of hydrogen-bond acceptors (Lipinski definition) is 3. The van der Waals surface area contributed by atoms with Crippen LogP contribution in [-0.4, -0.2) is 5.91 Å². The van der Waals surface area contributed by atoms with Gasteiger partial charge in [0.15, 0.2) is 5.70 Å². The Bertz CT molecular complexity index is 807. The van der Waals surface area contributed by atoms with E-state index in [-0.39, 0.29) is 10.2 Å². The van der Waals surface area contributed by atoms with Gasteiger partial charge in [0, 0.05) is 16.1 Å². The largest absolute Gasteiger partial charge is 0.489 e. The summed E-state index contributed by atoms with van der Waals surface area (Å²) in [6.07, 6.45) is 0. The fourth-order valence-corrected chi connectivity index (χ4v) is 2.15. The van der Waals surface area contributed by atoms with Crippen molar-refractivity contribution < 1.29 is 9.53 Å². The Balaban J connectivity index is 2.01. The molecule has 1 amide bonds. The zero-order valence-electron chi connectivity index (χ0n) is 12.2. The molecule has 0 saturated carbocycles. The topological polar surface area (TPSA) is 62.1 Å². The number of amides is 1. The molecular weight excluding hydrogens is 371 g/mol. The van der Waals surface area contributed by atoms with E-state index in [0.717, 1.165) is 5.56 Å². The van der Waals surface area contributed by atoms with E-state index in [9.17, 15) is 4.79 Å². The average molecular weight is 382 g/mol. The van der Waals surface area contributed by atoms with Crippen molar-refractivity contribution in [1.29, 1.82) is 5.26 Å². The Morgan fingerprint density at radius 3 is 2.38 bits per heavy atom. The highest BCUT2D eigenvalue weighted by atomic mass is 35.5. The molecule has 0 aliphatic rings. The highest BCUT2D eigenvalue weighted by Crippen LogP contribution is 2.19. The number of rotatable bonds is 5. The quantitative estimate of drug-likeness (QED) is 0.755. The van der Waals surface area contributed by atoms with Crippen LogP contribution in [0.25, 0.3) is 0 Å². The van der Waals surface area contributed by atoms with Crippen molar-refractivity contribution in [2.24, 2.45) is 0 Å². The van der Waals surface area contributed by atoms with Gasteiger partial charge in [-0.1, -0.05) is 53.0 Å². The van der Waals surface area contributed by atoms with Gasteiger partial charge in [-0.15, -0.1) is 0 Å². The van der Waals surface area contributed by atoms with E-state index >= 15 is 0 Å². The van der Waals surface area contributed by atoms with Crippen LogP contribution in [0.1, 0.15) is 15.9 Å². The number of allylic oxidation sites excluding steroid dienone is 1. The summed E-state index contributed by atoms with van der Waals surface area (Å²) in [7, 11) is 0. The van der Waals surface area contributed by atoms with Gasteiger partial charge in [0.05, 0.1) is 0 Å². The number of halogens is 3. The zero-order valence-corrected chi connectivity index (χ0v) is 14.5. The molecule has 0 heterocycles. The van der Waals surface area contributed by atoms with E-state index in [2.05, 4.69) is 5.32 Å². The summed E-state index contributed by atoms with van der Waals surface area (Å²) in [5, 5.41) is 11.8. The van der Waals surface area contributed by atoms with Gasteiger partial charge in [-0.05, 0) is 30.3 Å². The van der Waals surface area contributed by atoms with E-state index < -0.39 is 5.91 Å². The van der Waals surface area contributed by atoms with E-state index in [1.54, 1.807) is 36.4 Å². The van der Waals surface area contributed by atoms with Crippen molar-refractivity contribution in [3.8, 4) is 11.8 Å². The summed E-state index contributed by atoms with van der Waals surface area (Å²) in [6.45, 7) is 0.314. The number of nitriles is 1. The van der Waals surface area contributed by atoms with Crippen LogP contribution in [0.5, 0.6) is 5.75 Å². The van der Waals surface area contributed by atoms with E-state index in [0.29, 0.717) is 22.9 Å². The number of nitrogens with zero attached hydrogens (tertiary/aromatic N) is 1. The van der Waals surface area contributed by atoms with Crippen molar-refractivity contribution in [2.45, 2.75) is 6.61 Å². The first-order chi connectivity index (χ1) is 11.5. The lowest BCUT2D eigenvalue weighted by atomic mass is 10.2. The standard InChI is InChI=1S/C17H11Cl3N2O2/c18-14-4-2-1-3-12(14)10-24-13-7-5-11(6-8-13)17(23)22-15(9-21)16(19)20/h1-8H,10H2,(H,22,23). The first kappa shape index (κ1) is 18.2. The van der Waals surface area contributed by atoms with Crippen LogP contribution < -0.4 is 10.1 Å². The first-order valence-electron chi connectivity index (χ1n) is 6.74. The third-order valence-corrected chi connectivity index (χ3v) is 3.75. The molecule has 0 radical (unpaired) electrons. The molecule has 0 spiro atoms. The Morgan fingerprint density at radius 2 is 1.79 bits per heavy atom. The fourth-order valence-electron chi connectivity index (χ4n) is 1.78. The van der Waals surface area contributed by atoms with Crippen LogP contribution in [0.2, 0.25) is 5.02 Å². The average Bonchev–Trinajstić information content (AvgIpc) is 2.59. The van der Waals surface area contributed by atoms with Crippen LogP contribution in [0, 0.1) is 11.3 Å². The SMILES string of the molecule is N#CC(NC(=O)c1ccc(OCc2ccccc2Cl)cc1)=C(Cl)Cl. The van der Waals surface area contributed by atoms with Gasteiger partial charge in [0.1, 0.15) is 22.9 Å². The molecule has 0 aliphatic heterocycles. The monoisotopic (exact) mass is 380 g/mol. The van der Waals surface area contributed by atoms with Gasteiger partial charge in [0.2, 0.25) is 0 Å². The van der Waals surface area contributed by atoms with Crippen LogP contribution in [0.3, 0.4) is 0 Å². The van der Waals surface area contributed by atoms with Crippen molar-refractivity contribution in [1.82, 2.24) is 5.32 Å². The molecule has 2 rings (SSSR count). The van der Waals surface area contributed by atoms with Crippen molar-refractivity contribution in [3.63, 3.8) is 0 Å². The molecule has 0 saturated heterocycles. The lowest BCUT2D eigenvalue weighted by Gasteiger charge is -2.09. The maximum Gasteiger partial charge on any atom is 0.256 e. The van der Waals surface area contributed by atoms with Gasteiger partial charge in [-0.2, -0.15) is 5.26 Å². The number of ether oxygens (including phenoxy) is 1. The summed E-state index contributed by atoms with van der Waals surface area (Å²) < 4.78 is 5.33. The molecule has 7 heteroatoms. The Labute approximate surface area is 154 Å². The molecule has 2 aromatic carbocycles. The minimum Gasteiger partial charge on any atom is -0.489 e. The first-order valence-corrected chi connectivity index (χ1v) is 7.87. The molecular formula is C17H11Cl3N2O2. The van der Waals surface area contributed by atoms with Crippen molar-refractivity contribution in [2.75, 3.05) is 0 Å². The molecule has 0 atom stereocenters. The smallest absolute Gasteiger partial charge is 0.256 e. The second kappa shape index (κ2) is 8.60. The normalized spacial score (nSPS) is 9.75. The number of nitrogens with one attached hydrogen (secondary N) is 1. The Morgan fingerprint density at radius 1 is 1.12 bits per heavy atom. The third kappa shape index (κ3) is 4.90. The molecule has 24 heavy (non-hydrogen) atoms. The van der Waals surface area contributed by atoms with Gasteiger partial charge in [-0.3, -0.25) is 4.79 Å². The molecule has 0 aromatic heterocycles. The predicted octanol–water partition coefficient (Wildman–Crippen LogP) is 4.82. The predicted molar refractivity (Wildman–Crippen MR) is 94.0 cm³/mol. The molecule has 0 fully saturated rings. The molecule has 0 aliphatic carbocycles.